The van der Waals surface area contributed by atoms with Crippen LogP contribution in [0.2, 0.25) is 0 Å². The maximum Gasteiger partial charge on any atom is 0.387 e. The molecule has 22 heavy (non-hydrogen) atoms. The highest BCUT2D eigenvalue weighted by Gasteiger charge is 2.18. The lowest BCUT2D eigenvalue weighted by atomic mass is 10.2. The normalized spacial score (nSPS) is 11.9. The van der Waals surface area contributed by atoms with Gasteiger partial charge < -0.3 is 4.74 Å². The number of alkyl halides is 2. The Hall–Kier alpha value is -0.550. The van der Waals surface area contributed by atoms with Crippen molar-refractivity contribution in [3.8, 4) is 5.75 Å². The molecule has 1 heterocycles. The number of benzene rings is 1. The molecule has 0 fully saturated rings. The first-order valence-corrected chi connectivity index (χ1v) is 9.65. The molecule has 1 N–H and O–H groups in total. The van der Waals surface area contributed by atoms with Crippen molar-refractivity contribution in [2.24, 2.45) is 0 Å². The van der Waals surface area contributed by atoms with Crippen LogP contribution in [0.5, 0.6) is 5.75 Å². The largest absolute Gasteiger partial charge is 0.435 e. The molecule has 1 aromatic carbocycles. The highest BCUT2D eigenvalue weighted by molar-refractivity contribution is 9.13. The van der Waals surface area contributed by atoms with Gasteiger partial charge in [0.1, 0.15) is 9.96 Å². The maximum absolute atomic E-state index is 12.1. The second kappa shape index (κ2) is 7.35. The first-order chi connectivity index (χ1) is 10.3. The van der Waals surface area contributed by atoms with Crippen molar-refractivity contribution in [1.82, 2.24) is 4.72 Å². The van der Waals surface area contributed by atoms with Crippen LogP contribution in [-0.4, -0.2) is 15.0 Å². The minimum Gasteiger partial charge on any atom is -0.435 e. The van der Waals surface area contributed by atoms with Gasteiger partial charge in [-0.25, -0.2) is 13.1 Å². The number of thiophene rings is 1. The van der Waals surface area contributed by atoms with E-state index >= 15 is 0 Å². The molecule has 2 rings (SSSR count). The number of rotatable bonds is 6. The molecule has 0 radical (unpaired) electrons. The number of hydrogen-bond donors (Lipinski definition) is 1. The number of hydrogen-bond acceptors (Lipinski definition) is 4. The van der Waals surface area contributed by atoms with Crippen LogP contribution in [0.3, 0.4) is 0 Å². The van der Waals surface area contributed by atoms with E-state index in [1.807, 2.05) is 0 Å². The quantitative estimate of drug-likeness (QED) is 0.674. The summed E-state index contributed by atoms with van der Waals surface area (Å²) in [5.41, 5.74) is 0.625. The third-order valence-corrected chi connectivity index (χ3v) is 7.63. The summed E-state index contributed by atoms with van der Waals surface area (Å²) in [6.45, 7) is -2.84. The first-order valence-electron chi connectivity index (χ1n) is 5.76. The molecule has 120 valence electrons. The van der Waals surface area contributed by atoms with Gasteiger partial charge in [-0.1, -0.05) is 12.1 Å². The zero-order valence-corrected chi connectivity index (χ0v) is 15.5. The topological polar surface area (TPSA) is 55.4 Å². The SMILES string of the molecule is O=S(=O)(NCc1ccc(OC(F)F)cc1)c1cc(Br)c(Br)s1. The van der Waals surface area contributed by atoms with E-state index in [0.717, 1.165) is 11.3 Å². The van der Waals surface area contributed by atoms with Crippen LogP contribution < -0.4 is 9.46 Å². The lowest BCUT2D eigenvalue weighted by molar-refractivity contribution is -0.0498. The molecular weight excluding hydrogens is 468 g/mol. The predicted molar refractivity (Wildman–Crippen MR) is 86.8 cm³/mol. The van der Waals surface area contributed by atoms with Gasteiger partial charge in [-0.15, -0.1) is 11.3 Å². The van der Waals surface area contributed by atoms with E-state index < -0.39 is 16.6 Å². The van der Waals surface area contributed by atoms with Gasteiger partial charge in [0, 0.05) is 11.0 Å². The van der Waals surface area contributed by atoms with Crippen molar-refractivity contribution in [3.05, 3.63) is 44.2 Å². The van der Waals surface area contributed by atoms with E-state index in [1.54, 1.807) is 0 Å². The predicted octanol–water partition coefficient (Wildman–Crippen LogP) is 4.35. The minimum absolute atomic E-state index is 0.0210. The molecule has 1 aromatic heterocycles. The molecule has 0 aliphatic heterocycles. The average molecular weight is 477 g/mol. The molecule has 0 atom stereocenters. The number of ether oxygens (including phenoxy) is 1. The lowest BCUT2D eigenvalue weighted by Crippen LogP contribution is -2.22. The molecule has 4 nitrogen and oxygen atoms in total. The first kappa shape index (κ1) is 17.8. The molecule has 0 aliphatic rings. The number of sulfonamides is 1. The monoisotopic (exact) mass is 475 g/mol. The summed E-state index contributed by atoms with van der Waals surface area (Å²) in [5, 5.41) is 0. The summed E-state index contributed by atoms with van der Waals surface area (Å²) >= 11 is 7.55. The van der Waals surface area contributed by atoms with Gasteiger partial charge in [-0.2, -0.15) is 8.78 Å². The van der Waals surface area contributed by atoms with Gasteiger partial charge in [0.05, 0.1) is 3.79 Å². The van der Waals surface area contributed by atoms with Crippen molar-refractivity contribution in [2.45, 2.75) is 17.4 Å². The zero-order valence-electron chi connectivity index (χ0n) is 10.7. The lowest BCUT2D eigenvalue weighted by Gasteiger charge is -2.07. The second-order valence-electron chi connectivity index (χ2n) is 4.03. The van der Waals surface area contributed by atoms with E-state index in [-0.39, 0.29) is 16.5 Å². The maximum atomic E-state index is 12.1. The van der Waals surface area contributed by atoms with Crippen LogP contribution in [-0.2, 0) is 16.6 Å². The number of nitrogens with one attached hydrogen (secondary N) is 1. The van der Waals surface area contributed by atoms with E-state index in [2.05, 4.69) is 41.3 Å². The smallest absolute Gasteiger partial charge is 0.387 e. The molecule has 0 saturated heterocycles. The molecule has 0 spiro atoms. The summed E-state index contributed by atoms with van der Waals surface area (Å²) in [4.78, 5) is 0. The Labute approximate surface area is 146 Å². The van der Waals surface area contributed by atoms with Gasteiger partial charge in [0.25, 0.3) is 0 Å². The second-order valence-corrected chi connectivity index (χ2v) is 9.25. The fourth-order valence-corrected chi connectivity index (χ4v) is 5.38. The van der Waals surface area contributed by atoms with Gasteiger partial charge >= 0.3 is 6.61 Å². The van der Waals surface area contributed by atoms with Crippen molar-refractivity contribution in [1.29, 1.82) is 0 Å². The molecule has 0 aliphatic carbocycles. The summed E-state index contributed by atoms with van der Waals surface area (Å²) < 4.78 is 56.5. The Balaban J connectivity index is 2.02. The number of halogens is 4. The zero-order chi connectivity index (χ0) is 16.3. The molecule has 0 amide bonds. The van der Waals surface area contributed by atoms with Crippen LogP contribution in [0.15, 0.2) is 42.8 Å². The van der Waals surface area contributed by atoms with Crippen LogP contribution in [0.1, 0.15) is 5.56 Å². The summed E-state index contributed by atoms with van der Waals surface area (Å²) in [5.74, 6) is 0.0210. The third-order valence-electron chi connectivity index (χ3n) is 2.50. The van der Waals surface area contributed by atoms with Gasteiger partial charge in [0.2, 0.25) is 10.0 Å². The Morgan fingerprint density at radius 2 is 1.86 bits per heavy atom. The van der Waals surface area contributed by atoms with Crippen LogP contribution >= 0.6 is 43.2 Å². The molecule has 0 bridgehead atoms. The molecule has 0 saturated carbocycles. The summed E-state index contributed by atoms with van der Waals surface area (Å²) in [6, 6.07) is 7.24. The summed E-state index contributed by atoms with van der Waals surface area (Å²) in [6.07, 6.45) is 0. The van der Waals surface area contributed by atoms with Crippen molar-refractivity contribution < 1.29 is 21.9 Å². The Morgan fingerprint density at radius 3 is 2.36 bits per heavy atom. The molecule has 2 aromatic rings. The third kappa shape index (κ3) is 4.72. The van der Waals surface area contributed by atoms with Crippen LogP contribution in [0.25, 0.3) is 0 Å². The molecule has 10 heteroatoms. The Bertz CT molecular complexity index is 729. The van der Waals surface area contributed by atoms with E-state index in [1.165, 1.54) is 30.3 Å². The van der Waals surface area contributed by atoms with Crippen LogP contribution in [0.4, 0.5) is 8.78 Å². The fraction of sp³-hybridized carbons (Fsp3) is 0.167. The van der Waals surface area contributed by atoms with Crippen LogP contribution in [0, 0.1) is 0 Å². The fourth-order valence-electron chi connectivity index (χ4n) is 1.50. The molecular formula is C12H9Br2F2NO3S2. The van der Waals surface area contributed by atoms with E-state index in [4.69, 9.17) is 0 Å². The standard InChI is InChI=1S/C12H9Br2F2NO3S2/c13-9-5-10(21-11(9)14)22(18,19)17-6-7-1-3-8(4-2-7)20-12(15)16/h1-5,12,17H,6H2. The van der Waals surface area contributed by atoms with Crippen molar-refractivity contribution in [2.75, 3.05) is 0 Å². The Morgan fingerprint density at radius 1 is 1.23 bits per heavy atom. The van der Waals surface area contributed by atoms with Gasteiger partial charge in [0.15, 0.2) is 0 Å². The van der Waals surface area contributed by atoms with E-state index in [0.29, 0.717) is 13.8 Å². The van der Waals surface area contributed by atoms with Gasteiger partial charge in [-0.05, 0) is 55.6 Å². The highest BCUT2D eigenvalue weighted by Crippen LogP contribution is 2.34. The van der Waals surface area contributed by atoms with Gasteiger partial charge in [-0.3, -0.25) is 0 Å². The summed E-state index contributed by atoms with van der Waals surface area (Å²) in [7, 11) is -3.63. The molecule has 0 unspecified atom stereocenters. The minimum atomic E-state index is -3.63. The highest BCUT2D eigenvalue weighted by atomic mass is 79.9. The average Bonchev–Trinajstić information content (AvgIpc) is 2.78. The van der Waals surface area contributed by atoms with Crippen molar-refractivity contribution in [3.63, 3.8) is 0 Å². The Kier molecular flexibility index (Phi) is 5.94. The van der Waals surface area contributed by atoms with Crippen molar-refractivity contribution >= 4 is 53.2 Å². The van der Waals surface area contributed by atoms with E-state index in [9.17, 15) is 17.2 Å².